The van der Waals surface area contributed by atoms with Crippen LogP contribution in [0, 0.1) is 0 Å². The van der Waals surface area contributed by atoms with E-state index in [4.69, 9.17) is 0 Å². The second-order valence-electron chi connectivity index (χ2n) is 5.34. The Labute approximate surface area is 118 Å². The number of amides is 1. The fraction of sp³-hybridized carbons (Fsp3) is 0.467. The molecule has 1 aromatic carbocycles. The molecule has 0 spiro atoms. The Bertz CT molecular complexity index is 574. The van der Waals surface area contributed by atoms with Gasteiger partial charge in [-0.2, -0.15) is 0 Å². The molecule has 3 rings (SSSR count). The van der Waals surface area contributed by atoms with Gasteiger partial charge in [-0.3, -0.25) is 4.79 Å². The first-order valence-electron chi connectivity index (χ1n) is 7.18. The predicted molar refractivity (Wildman–Crippen MR) is 78.5 cm³/mol. The first kappa shape index (κ1) is 13.1. The Balaban J connectivity index is 1.62. The number of imidazole rings is 1. The number of piperazine rings is 1. The summed E-state index contributed by atoms with van der Waals surface area (Å²) in [5, 5.41) is 3.30. The summed E-state index contributed by atoms with van der Waals surface area (Å²) in [6.07, 6.45) is 1.19. The van der Waals surface area contributed by atoms with Crippen molar-refractivity contribution in [3.05, 3.63) is 30.1 Å². The topological polar surface area (TPSA) is 61.0 Å². The number of aromatic amines is 1. The minimum atomic E-state index is 0.222. The number of carbonyl (C=O) groups is 1. The maximum Gasteiger partial charge on any atom is 0.223 e. The Hall–Kier alpha value is -1.88. The molecule has 1 saturated heterocycles. The van der Waals surface area contributed by atoms with Crippen LogP contribution in [-0.2, 0) is 11.2 Å². The zero-order valence-electron chi connectivity index (χ0n) is 11.7. The molecule has 1 fully saturated rings. The van der Waals surface area contributed by atoms with Gasteiger partial charge in [-0.25, -0.2) is 4.98 Å². The largest absolute Gasteiger partial charge is 0.342 e. The second-order valence-corrected chi connectivity index (χ2v) is 5.34. The third-order valence-corrected chi connectivity index (χ3v) is 3.84. The molecule has 106 valence electrons. The summed E-state index contributed by atoms with van der Waals surface area (Å²) in [5.41, 5.74) is 2.00. The van der Waals surface area contributed by atoms with Crippen molar-refractivity contribution in [1.82, 2.24) is 20.2 Å². The highest BCUT2D eigenvalue weighted by Gasteiger charge is 2.22. The van der Waals surface area contributed by atoms with Crippen LogP contribution in [0.1, 0.15) is 19.2 Å². The van der Waals surface area contributed by atoms with Gasteiger partial charge >= 0.3 is 0 Å². The molecular formula is C15H20N4O. The van der Waals surface area contributed by atoms with Crippen molar-refractivity contribution in [3.63, 3.8) is 0 Å². The fourth-order valence-electron chi connectivity index (χ4n) is 2.70. The smallest absolute Gasteiger partial charge is 0.223 e. The fourth-order valence-corrected chi connectivity index (χ4v) is 2.70. The molecule has 1 aromatic heterocycles. The van der Waals surface area contributed by atoms with Crippen LogP contribution in [0.25, 0.3) is 11.0 Å². The van der Waals surface area contributed by atoms with Gasteiger partial charge < -0.3 is 15.2 Å². The molecule has 0 saturated carbocycles. The molecule has 5 heteroatoms. The van der Waals surface area contributed by atoms with Crippen molar-refractivity contribution >= 4 is 16.9 Å². The summed E-state index contributed by atoms with van der Waals surface area (Å²) < 4.78 is 0. The molecule has 0 radical (unpaired) electrons. The molecule has 0 aliphatic carbocycles. The van der Waals surface area contributed by atoms with Crippen molar-refractivity contribution in [2.75, 3.05) is 19.6 Å². The van der Waals surface area contributed by atoms with Crippen LogP contribution in [0.5, 0.6) is 0 Å². The van der Waals surface area contributed by atoms with Crippen LogP contribution in [0.2, 0.25) is 0 Å². The van der Waals surface area contributed by atoms with E-state index in [1.165, 1.54) is 0 Å². The number of aromatic nitrogens is 2. The van der Waals surface area contributed by atoms with Crippen molar-refractivity contribution in [3.8, 4) is 0 Å². The van der Waals surface area contributed by atoms with E-state index in [2.05, 4.69) is 22.2 Å². The number of carbonyl (C=O) groups excluding carboxylic acids is 1. The average molecular weight is 272 g/mol. The van der Waals surface area contributed by atoms with Crippen LogP contribution in [0.15, 0.2) is 24.3 Å². The summed E-state index contributed by atoms with van der Waals surface area (Å²) in [5.74, 6) is 1.11. The number of hydrogen-bond donors (Lipinski definition) is 2. The number of nitrogens with zero attached hydrogens (tertiary/aromatic N) is 2. The van der Waals surface area contributed by atoms with Gasteiger partial charge in [-0.15, -0.1) is 0 Å². The molecular weight excluding hydrogens is 252 g/mol. The van der Waals surface area contributed by atoms with E-state index in [1.54, 1.807) is 0 Å². The van der Waals surface area contributed by atoms with Crippen LogP contribution in [0.3, 0.4) is 0 Å². The van der Waals surface area contributed by atoms with Crippen LogP contribution >= 0.6 is 0 Å². The molecule has 1 amide bonds. The highest BCUT2D eigenvalue weighted by molar-refractivity contribution is 5.77. The molecule has 0 bridgehead atoms. The van der Waals surface area contributed by atoms with Crippen molar-refractivity contribution in [2.45, 2.75) is 25.8 Å². The Morgan fingerprint density at radius 1 is 1.45 bits per heavy atom. The van der Waals surface area contributed by atoms with E-state index in [9.17, 15) is 4.79 Å². The lowest BCUT2D eigenvalue weighted by Crippen LogP contribution is -2.52. The zero-order valence-corrected chi connectivity index (χ0v) is 11.7. The first-order valence-corrected chi connectivity index (χ1v) is 7.18. The first-order chi connectivity index (χ1) is 9.74. The molecule has 2 N–H and O–H groups in total. The van der Waals surface area contributed by atoms with Gasteiger partial charge in [-0.1, -0.05) is 12.1 Å². The molecule has 1 atom stereocenters. The number of para-hydroxylation sites is 2. The Morgan fingerprint density at radius 2 is 2.30 bits per heavy atom. The number of rotatable bonds is 3. The minimum absolute atomic E-state index is 0.222. The number of nitrogens with one attached hydrogen (secondary N) is 2. The highest BCUT2D eigenvalue weighted by Crippen LogP contribution is 2.12. The lowest BCUT2D eigenvalue weighted by atomic mass is 10.2. The Kier molecular flexibility index (Phi) is 3.69. The number of benzene rings is 1. The lowest BCUT2D eigenvalue weighted by molar-refractivity contribution is -0.133. The van der Waals surface area contributed by atoms with Crippen molar-refractivity contribution in [2.24, 2.45) is 0 Å². The monoisotopic (exact) mass is 272 g/mol. The number of fused-ring (bicyclic) bond motifs is 1. The summed E-state index contributed by atoms with van der Waals surface area (Å²) in [6, 6.07) is 8.23. The van der Waals surface area contributed by atoms with E-state index in [-0.39, 0.29) is 11.9 Å². The summed E-state index contributed by atoms with van der Waals surface area (Å²) in [7, 11) is 0. The van der Waals surface area contributed by atoms with Gasteiger partial charge in [0.25, 0.3) is 0 Å². The second kappa shape index (κ2) is 5.63. The van der Waals surface area contributed by atoms with Crippen LogP contribution < -0.4 is 5.32 Å². The number of aryl methyl sites for hydroxylation is 1. The van der Waals surface area contributed by atoms with Crippen LogP contribution in [-0.4, -0.2) is 46.5 Å². The summed E-state index contributed by atoms with van der Waals surface area (Å²) >= 11 is 0. The number of H-pyrrole nitrogens is 1. The zero-order chi connectivity index (χ0) is 13.9. The van der Waals surface area contributed by atoms with Crippen molar-refractivity contribution < 1.29 is 4.79 Å². The predicted octanol–water partition coefficient (Wildman–Crippen LogP) is 1.32. The highest BCUT2D eigenvalue weighted by atomic mass is 16.2. The third kappa shape index (κ3) is 2.67. The summed E-state index contributed by atoms with van der Waals surface area (Å²) in [4.78, 5) is 22.0. The standard InChI is InChI=1S/C15H20N4O/c1-11-10-16-8-9-19(11)15(20)7-6-14-17-12-4-2-3-5-13(12)18-14/h2-5,11,16H,6-10H2,1H3,(H,17,18)/t11-/m1/s1. The van der Waals surface area contributed by atoms with Gasteiger partial charge in [0.1, 0.15) is 5.82 Å². The number of hydrogen-bond acceptors (Lipinski definition) is 3. The van der Waals surface area contributed by atoms with E-state index in [0.29, 0.717) is 12.8 Å². The molecule has 1 aliphatic heterocycles. The maximum absolute atomic E-state index is 12.3. The van der Waals surface area contributed by atoms with Gasteiger partial charge in [-0.05, 0) is 19.1 Å². The molecule has 2 aromatic rings. The van der Waals surface area contributed by atoms with E-state index in [0.717, 1.165) is 36.5 Å². The third-order valence-electron chi connectivity index (χ3n) is 3.84. The van der Waals surface area contributed by atoms with Gasteiger partial charge in [0, 0.05) is 38.5 Å². The summed E-state index contributed by atoms with van der Waals surface area (Å²) in [6.45, 7) is 4.67. The molecule has 20 heavy (non-hydrogen) atoms. The maximum atomic E-state index is 12.3. The van der Waals surface area contributed by atoms with E-state index in [1.807, 2.05) is 29.2 Å². The Morgan fingerprint density at radius 3 is 3.10 bits per heavy atom. The minimum Gasteiger partial charge on any atom is -0.342 e. The normalized spacial score (nSPS) is 19.4. The SMILES string of the molecule is C[C@@H]1CNCCN1C(=O)CCc1nc2ccccc2[nH]1. The average Bonchev–Trinajstić information content (AvgIpc) is 2.88. The van der Waals surface area contributed by atoms with Gasteiger partial charge in [0.2, 0.25) is 5.91 Å². The van der Waals surface area contributed by atoms with E-state index >= 15 is 0 Å². The van der Waals surface area contributed by atoms with Crippen LogP contribution in [0.4, 0.5) is 0 Å². The van der Waals surface area contributed by atoms with Gasteiger partial charge in [0.15, 0.2) is 0 Å². The molecule has 1 aliphatic rings. The quantitative estimate of drug-likeness (QED) is 0.886. The van der Waals surface area contributed by atoms with E-state index < -0.39 is 0 Å². The molecule has 0 unspecified atom stereocenters. The lowest BCUT2D eigenvalue weighted by Gasteiger charge is -2.34. The molecule has 5 nitrogen and oxygen atoms in total. The van der Waals surface area contributed by atoms with Crippen molar-refractivity contribution in [1.29, 1.82) is 0 Å². The molecule has 2 heterocycles. The van der Waals surface area contributed by atoms with Gasteiger partial charge in [0.05, 0.1) is 11.0 Å².